The molecule has 0 spiro atoms. The van der Waals surface area contributed by atoms with Gasteiger partial charge in [0.25, 0.3) is 0 Å². The van der Waals surface area contributed by atoms with Crippen LogP contribution in [0.4, 0.5) is 0 Å². The highest BCUT2D eigenvalue weighted by Crippen LogP contribution is 2.10. The Morgan fingerprint density at radius 3 is 2.73 bits per heavy atom. The molecule has 1 heterocycles. The lowest BCUT2D eigenvalue weighted by Gasteiger charge is -1.93. The quantitative estimate of drug-likeness (QED) is 0.594. The normalized spacial score (nSPS) is 10.3. The molecule has 0 fully saturated rings. The summed E-state index contributed by atoms with van der Waals surface area (Å²) in [6.45, 7) is 0. The van der Waals surface area contributed by atoms with Gasteiger partial charge in [-0.1, -0.05) is 23.7 Å². The van der Waals surface area contributed by atoms with Crippen LogP contribution in [0.15, 0.2) is 24.3 Å². The Balaban J connectivity index is 2.83. The Labute approximate surface area is 68.9 Å². The van der Waals surface area contributed by atoms with Crippen molar-refractivity contribution in [2.45, 2.75) is 0 Å². The minimum Gasteiger partial charge on any atom is -0.241 e. The Morgan fingerprint density at radius 2 is 1.91 bits per heavy atom. The van der Waals surface area contributed by atoms with Crippen LogP contribution in [0.3, 0.4) is 0 Å². The molecule has 0 saturated carbocycles. The molecule has 1 radical (unpaired) electrons. The van der Waals surface area contributed by atoms with Gasteiger partial charge in [0.2, 0.25) is 0 Å². The van der Waals surface area contributed by atoms with Gasteiger partial charge in [-0.25, -0.2) is 9.97 Å². The molecule has 2 aromatic rings. The van der Waals surface area contributed by atoms with E-state index in [0.717, 1.165) is 11.0 Å². The molecule has 53 valence electrons. The number of aromatic nitrogens is 2. The molecule has 0 aliphatic carbocycles. The molecule has 0 bridgehead atoms. The first-order valence-electron chi connectivity index (χ1n) is 3.16. The fourth-order valence-electron chi connectivity index (χ4n) is 0.890. The number of hydrogen-bond donors (Lipinski definition) is 0. The zero-order valence-electron chi connectivity index (χ0n) is 5.58. The molecular formula is C8H4ClN2. The second kappa shape index (κ2) is 2.47. The maximum absolute atomic E-state index is 5.59. The molecule has 0 atom stereocenters. The zero-order valence-corrected chi connectivity index (χ0v) is 6.34. The summed E-state index contributed by atoms with van der Waals surface area (Å²) in [6, 6.07) is 7.53. The van der Waals surface area contributed by atoms with E-state index >= 15 is 0 Å². The number of nitrogens with zero attached hydrogens (tertiary/aromatic N) is 2. The molecule has 0 saturated heterocycles. The van der Waals surface area contributed by atoms with Crippen molar-refractivity contribution in [1.82, 2.24) is 9.97 Å². The van der Waals surface area contributed by atoms with Crippen molar-refractivity contribution in [2.24, 2.45) is 0 Å². The van der Waals surface area contributed by atoms with Crippen molar-refractivity contribution >= 4 is 22.6 Å². The van der Waals surface area contributed by atoms with Gasteiger partial charge >= 0.3 is 0 Å². The smallest absolute Gasteiger partial charge is 0.157 e. The Bertz CT molecular complexity index is 387. The van der Waals surface area contributed by atoms with E-state index in [1.807, 2.05) is 24.3 Å². The molecule has 0 N–H and O–H groups in total. The van der Waals surface area contributed by atoms with Gasteiger partial charge < -0.3 is 0 Å². The zero-order chi connectivity index (χ0) is 7.68. The molecule has 0 aliphatic rings. The average molecular weight is 164 g/mol. The van der Waals surface area contributed by atoms with Gasteiger partial charge in [0.15, 0.2) is 5.15 Å². The minimum atomic E-state index is 0.309. The minimum absolute atomic E-state index is 0.309. The van der Waals surface area contributed by atoms with Gasteiger partial charge in [0.05, 0.1) is 11.0 Å². The summed E-state index contributed by atoms with van der Waals surface area (Å²) < 4.78 is 0. The van der Waals surface area contributed by atoms with Crippen LogP contribution in [0.2, 0.25) is 5.15 Å². The van der Waals surface area contributed by atoms with E-state index in [0.29, 0.717) is 5.15 Å². The maximum atomic E-state index is 5.59. The first-order chi connectivity index (χ1) is 5.36. The molecule has 1 aromatic carbocycles. The van der Waals surface area contributed by atoms with E-state index in [9.17, 15) is 0 Å². The van der Waals surface area contributed by atoms with E-state index in [1.54, 1.807) is 0 Å². The number of rotatable bonds is 0. The van der Waals surface area contributed by atoms with Crippen molar-refractivity contribution in [3.05, 3.63) is 35.6 Å². The highest BCUT2D eigenvalue weighted by Gasteiger charge is 1.94. The lowest BCUT2D eigenvalue weighted by atomic mass is 10.3. The average Bonchev–Trinajstić information content (AvgIpc) is 2.04. The van der Waals surface area contributed by atoms with Crippen molar-refractivity contribution in [3.63, 3.8) is 0 Å². The summed E-state index contributed by atoms with van der Waals surface area (Å²) in [5, 5.41) is 0.309. The van der Waals surface area contributed by atoms with Crippen LogP contribution in [0, 0.1) is 6.20 Å². The second-order valence-electron chi connectivity index (χ2n) is 2.11. The fraction of sp³-hybridized carbons (Fsp3) is 0. The molecule has 3 heteroatoms. The standard InChI is InChI=1S/C8H4ClN2/c9-8-5-10-6-3-1-2-4-7(6)11-8/h1-4H. The summed E-state index contributed by atoms with van der Waals surface area (Å²) in [5.74, 6) is 0. The topological polar surface area (TPSA) is 25.8 Å². The van der Waals surface area contributed by atoms with Crippen molar-refractivity contribution in [2.75, 3.05) is 0 Å². The van der Waals surface area contributed by atoms with E-state index in [1.165, 1.54) is 0 Å². The Hall–Kier alpha value is -1.15. The summed E-state index contributed by atoms with van der Waals surface area (Å²) >= 11 is 5.59. The Kier molecular flexibility index (Phi) is 1.47. The van der Waals surface area contributed by atoms with Crippen molar-refractivity contribution < 1.29 is 0 Å². The van der Waals surface area contributed by atoms with Crippen LogP contribution < -0.4 is 0 Å². The first kappa shape index (κ1) is 6.55. The summed E-state index contributed by atoms with van der Waals surface area (Å²) in [4.78, 5) is 7.98. The summed E-state index contributed by atoms with van der Waals surface area (Å²) in [7, 11) is 0. The molecule has 11 heavy (non-hydrogen) atoms. The van der Waals surface area contributed by atoms with Crippen LogP contribution in [0.25, 0.3) is 11.0 Å². The molecule has 1 aromatic heterocycles. The Morgan fingerprint density at radius 1 is 1.18 bits per heavy atom. The predicted octanol–water partition coefficient (Wildman–Crippen LogP) is 2.08. The van der Waals surface area contributed by atoms with Gasteiger partial charge in [-0.05, 0) is 12.1 Å². The van der Waals surface area contributed by atoms with Gasteiger partial charge in [0.1, 0.15) is 6.20 Å². The molecule has 0 aliphatic heterocycles. The van der Waals surface area contributed by atoms with E-state index in [-0.39, 0.29) is 0 Å². The van der Waals surface area contributed by atoms with Gasteiger partial charge in [-0.2, -0.15) is 0 Å². The van der Waals surface area contributed by atoms with Crippen molar-refractivity contribution in [1.29, 1.82) is 0 Å². The van der Waals surface area contributed by atoms with E-state index in [2.05, 4.69) is 16.2 Å². The third-order valence-corrected chi connectivity index (χ3v) is 1.54. The second-order valence-corrected chi connectivity index (χ2v) is 2.47. The molecular weight excluding hydrogens is 160 g/mol. The monoisotopic (exact) mass is 163 g/mol. The molecule has 0 amide bonds. The number of hydrogen-bond acceptors (Lipinski definition) is 2. The van der Waals surface area contributed by atoms with Gasteiger partial charge in [0, 0.05) is 0 Å². The largest absolute Gasteiger partial charge is 0.241 e. The molecule has 2 rings (SSSR count). The van der Waals surface area contributed by atoms with Gasteiger partial charge in [-0.15, -0.1) is 0 Å². The first-order valence-corrected chi connectivity index (χ1v) is 3.54. The highest BCUT2D eigenvalue weighted by atomic mass is 35.5. The predicted molar refractivity (Wildman–Crippen MR) is 43.4 cm³/mol. The number of halogens is 1. The summed E-state index contributed by atoms with van der Waals surface area (Å²) in [5.41, 5.74) is 1.62. The SMILES string of the molecule is Clc1[c]nc2ccccc2n1. The van der Waals surface area contributed by atoms with Crippen LogP contribution in [0.5, 0.6) is 0 Å². The number of para-hydroxylation sites is 2. The van der Waals surface area contributed by atoms with E-state index < -0.39 is 0 Å². The number of fused-ring (bicyclic) bond motifs is 1. The van der Waals surface area contributed by atoms with Crippen molar-refractivity contribution in [3.8, 4) is 0 Å². The maximum Gasteiger partial charge on any atom is 0.157 e. The lowest BCUT2D eigenvalue weighted by molar-refractivity contribution is 1.28. The third kappa shape index (κ3) is 1.17. The third-order valence-electron chi connectivity index (χ3n) is 1.37. The molecule has 0 unspecified atom stereocenters. The van der Waals surface area contributed by atoms with Crippen LogP contribution in [-0.4, -0.2) is 9.97 Å². The number of benzene rings is 1. The van der Waals surface area contributed by atoms with Crippen LogP contribution in [0.1, 0.15) is 0 Å². The summed E-state index contributed by atoms with van der Waals surface area (Å²) in [6.07, 6.45) is 2.58. The van der Waals surface area contributed by atoms with Crippen LogP contribution >= 0.6 is 11.6 Å². The van der Waals surface area contributed by atoms with Gasteiger partial charge in [-0.3, -0.25) is 0 Å². The highest BCUT2D eigenvalue weighted by molar-refractivity contribution is 6.29. The van der Waals surface area contributed by atoms with Crippen LogP contribution in [-0.2, 0) is 0 Å². The fourth-order valence-corrected chi connectivity index (χ4v) is 1.02. The molecule has 2 nitrogen and oxygen atoms in total. The van der Waals surface area contributed by atoms with E-state index in [4.69, 9.17) is 11.6 Å². The lowest BCUT2D eigenvalue weighted by Crippen LogP contribution is -1.82.